The molecule has 2 saturated heterocycles. The number of hydrogen-bond donors (Lipinski definition) is 1. The number of piperidine rings is 1. The second-order valence-corrected chi connectivity index (χ2v) is 9.28. The molecule has 0 radical (unpaired) electrons. The predicted molar refractivity (Wildman–Crippen MR) is 121 cm³/mol. The average Bonchev–Trinajstić information content (AvgIpc) is 3.49. The zero-order valence-corrected chi connectivity index (χ0v) is 19.5. The number of amides is 3. The van der Waals surface area contributed by atoms with Gasteiger partial charge in [0, 0.05) is 45.6 Å². The second-order valence-electron chi connectivity index (χ2n) is 9.28. The van der Waals surface area contributed by atoms with E-state index in [9.17, 15) is 14.4 Å². The maximum absolute atomic E-state index is 13.1. The maximum atomic E-state index is 13.1. The van der Waals surface area contributed by atoms with Gasteiger partial charge in [-0.25, -0.2) is 0 Å². The highest BCUT2D eigenvalue weighted by atomic mass is 16.7. The molecule has 1 aromatic carbocycles. The molecule has 5 rings (SSSR count). The molecule has 3 amide bonds. The van der Waals surface area contributed by atoms with E-state index in [0.29, 0.717) is 51.4 Å². The van der Waals surface area contributed by atoms with Gasteiger partial charge in [0.05, 0.1) is 19.8 Å². The number of carbonyl (C=O) groups is 3. The molecule has 0 aliphatic carbocycles. The highest BCUT2D eigenvalue weighted by molar-refractivity contribution is 6.01. The van der Waals surface area contributed by atoms with E-state index in [1.54, 1.807) is 18.9 Å². The molecule has 3 aliphatic rings. The van der Waals surface area contributed by atoms with Crippen LogP contribution in [-0.2, 0) is 27.4 Å². The number of benzene rings is 1. The van der Waals surface area contributed by atoms with Gasteiger partial charge in [0.25, 0.3) is 11.8 Å². The molecule has 2 aromatic rings. The average molecular weight is 468 g/mol. The summed E-state index contributed by atoms with van der Waals surface area (Å²) in [5, 5.41) is 7.35. The predicted octanol–water partition coefficient (Wildman–Crippen LogP) is 1.02. The van der Waals surface area contributed by atoms with Crippen LogP contribution in [0, 0.1) is 0 Å². The van der Waals surface area contributed by atoms with Crippen molar-refractivity contribution < 1.29 is 23.9 Å². The lowest BCUT2D eigenvalue weighted by atomic mass is 9.96. The number of rotatable bonds is 4. The molecule has 3 aliphatic heterocycles. The van der Waals surface area contributed by atoms with Gasteiger partial charge in [-0.2, -0.15) is 5.10 Å². The molecule has 180 valence electrons. The third-order valence-corrected chi connectivity index (χ3v) is 7.13. The molecule has 4 heterocycles. The fourth-order valence-corrected chi connectivity index (χ4v) is 4.80. The maximum Gasteiger partial charge on any atom is 0.274 e. The fourth-order valence-electron chi connectivity index (χ4n) is 4.80. The van der Waals surface area contributed by atoms with Crippen LogP contribution in [0.3, 0.4) is 0 Å². The van der Waals surface area contributed by atoms with Crippen LogP contribution >= 0.6 is 0 Å². The summed E-state index contributed by atoms with van der Waals surface area (Å²) in [5.74, 6) is -1.43. The van der Waals surface area contributed by atoms with Crippen molar-refractivity contribution in [1.29, 1.82) is 0 Å². The Labute approximate surface area is 197 Å². The van der Waals surface area contributed by atoms with E-state index in [4.69, 9.17) is 9.47 Å². The summed E-state index contributed by atoms with van der Waals surface area (Å²) in [6.07, 6.45) is 1.21. The van der Waals surface area contributed by atoms with Gasteiger partial charge in [-0.3, -0.25) is 19.1 Å². The first-order valence-corrected chi connectivity index (χ1v) is 11.6. The van der Waals surface area contributed by atoms with E-state index in [1.165, 1.54) is 15.6 Å². The van der Waals surface area contributed by atoms with Crippen LogP contribution in [0.5, 0.6) is 0 Å². The minimum absolute atomic E-state index is 0.156. The van der Waals surface area contributed by atoms with Crippen molar-refractivity contribution in [2.45, 2.75) is 44.2 Å². The zero-order valence-electron chi connectivity index (χ0n) is 19.5. The zero-order chi connectivity index (χ0) is 23.9. The Morgan fingerprint density at radius 2 is 1.79 bits per heavy atom. The summed E-state index contributed by atoms with van der Waals surface area (Å²) in [7, 11) is 1.61. The Hall–Kier alpha value is -3.24. The number of nitrogens with zero attached hydrogens (tertiary/aromatic N) is 4. The van der Waals surface area contributed by atoms with Crippen molar-refractivity contribution in [3.05, 3.63) is 53.3 Å². The highest BCUT2D eigenvalue weighted by Gasteiger charge is 2.47. The Balaban J connectivity index is 1.29. The van der Waals surface area contributed by atoms with Gasteiger partial charge < -0.3 is 24.6 Å². The molecule has 34 heavy (non-hydrogen) atoms. The SMILES string of the molecule is CN1C(=O)c2cc(C(=O)N3CCC4(CC3)OCCO4)nn2C[C@@]1(C)C(=O)NCc1ccccc1. The molecule has 0 saturated carbocycles. The van der Waals surface area contributed by atoms with Crippen LogP contribution < -0.4 is 5.32 Å². The van der Waals surface area contributed by atoms with Crippen molar-refractivity contribution in [2.24, 2.45) is 0 Å². The van der Waals surface area contributed by atoms with E-state index in [0.717, 1.165) is 5.56 Å². The summed E-state index contributed by atoms with van der Waals surface area (Å²) in [6, 6.07) is 11.1. The number of carbonyl (C=O) groups excluding carboxylic acids is 3. The lowest BCUT2D eigenvalue weighted by Gasteiger charge is -2.40. The molecular formula is C24H29N5O5. The standard InChI is InChI=1S/C24H29N5O5/c1-23(22(32)25-15-17-6-4-3-5-7-17)16-29-19(21(31)27(23)2)14-18(26-29)20(30)28-10-8-24(9-11-28)33-12-13-34-24/h3-7,14H,8-13,15-16H2,1-2H3,(H,25,32)/t23-/m0/s1. The molecule has 2 fully saturated rings. The number of likely N-dealkylation sites (N-methyl/N-ethyl adjacent to an activating group) is 1. The molecule has 10 heteroatoms. The quantitative estimate of drug-likeness (QED) is 0.720. The highest BCUT2D eigenvalue weighted by Crippen LogP contribution is 2.32. The number of nitrogens with one attached hydrogen (secondary N) is 1. The molecule has 10 nitrogen and oxygen atoms in total. The van der Waals surface area contributed by atoms with Crippen LogP contribution in [0.2, 0.25) is 0 Å². The monoisotopic (exact) mass is 467 g/mol. The summed E-state index contributed by atoms with van der Waals surface area (Å²) in [4.78, 5) is 42.5. The Bertz CT molecular complexity index is 1100. The van der Waals surface area contributed by atoms with E-state index in [-0.39, 0.29) is 30.0 Å². The van der Waals surface area contributed by atoms with Crippen molar-refractivity contribution in [1.82, 2.24) is 24.9 Å². The molecule has 1 spiro atoms. The van der Waals surface area contributed by atoms with Gasteiger partial charge in [-0.15, -0.1) is 0 Å². The summed E-state index contributed by atoms with van der Waals surface area (Å²) in [6.45, 7) is 4.37. The second kappa shape index (κ2) is 8.52. The van der Waals surface area contributed by atoms with Gasteiger partial charge >= 0.3 is 0 Å². The minimum Gasteiger partial charge on any atom is -0.350 e. The fraction of sp³-hybridized carbons (Fsp3) is 0.500. The first-order chi connectivity index (χ1) is 16.3. The largest absolute Gasteiger partial charge is 0.350 e. The Morgan fingerprint density at radius 1 is 1.12 bits per heavy atom. The lowest BCUT2D eigenvalue weighted by Crippen LogP contribution is -2.62. The van der Waals surface area contributed by atoms with Crippen molar-refractivity contribution in [2.75, 3.05) is 33.4 Å². The van der Waals surface area contributed by atoms with Crippen LogP contribution in [0.1, 0.15) is 46.3 Å². The molecule has 1 N–H and O–H groups in total. The van der Waals surface area contributed by atoms with Gasteiger partial charge in [0.15, 0.2) is 11.5 Å². The van der Waals surface area contributed by atoms with Crippen LogP contribution in [0.25, 0.3) is 0 Å². The molecule has 0 unspecified atom stereocenters. The molecular weight excluding hydrogens is 438 g/mol. The van der Waals surface area contributed by atoms with E-state index < -0.39 is 11.3 Å². The van der Waals surface area contributed by atoms with Crippen LogP contribution in [0.4, 0.5) is 0 Å². The minimum atomic E-state index is -1.14. The van der Waals surface area contributed by atoms with Gasteiger partial charge in [0.1, 0.15) is 11.2 Å². The van der Waals surface area contributed by atoms with Crippen LogP contribution in [0.15, 0.2) is 36.4 Å². The molecule has 0 bridgehead atoms. The first kappa shape index (κ1) is 22.5. The van der Waals surface area contributed by atoms with Gasteiger partial charge in [0.2, 0.25) is 5.91 Å². The van der Waals surface area contributed by atoms with E-state index in [1.807, 2.05) is 30.3 Å². The Morgan fingerprint density at radius 3 is 2.47 bits per heavy atom. The summed E-state index contributed by atoms with van der Waals surface area (Å²) in [5.41, 5.74) is 0.332. The van der Waals surface area contributed by atoms with Crippen molar-refractivity contribution in [3.8, 4) is 0 Å². The first-order valence-electron chi connectivity index (χ1n) is 11.6. The molecule has 1 aromatic heterocycles. The summed E-state index contributed by atoms with van der Waals surface area (Å²) < 4.78 is 12.9. The number of ether oxygens (including phenoxy) is 2. The topological polar surface area (TPSA) is 106 Å². The number of fused-ring (bicyclic) bond motifs is 1. The third-order valence-electron chi connectivity index (χ3n) is 7.13. The smallest absolute Gasteiger partial charge is 0.274 e. The third kappa shape index (κ3) is 3.86. The number of likely N-dealkylation sites (tertiary alicyclic amines) is 1. The van der Waals surface area contributed by atoms with Crippen LogP contribution in [-0.4, -0.2) is 82.0 Å². The van der Waals surface area contributed by atoms with Gasteiger partial charge in [-0.05, 0) is 12.5 Å². The van der Waals surface area contributed by atoms with Crippen molar-refractivity contribution in [3.63, 3.8) is 0 Å². The summed E-state index contributed by atoms with van der Waals surface area (Å²) >= 11 is 0. The van der Waals surface area contributed by atoms with Crippen molar-refractivity contribution >= 4 is 17.7 Å². The Kier molecular flexibility index (Phi) is 5.65. The number of aromatic nitrogens is 2. The van der Waals surface area contributed by atoms with Gasteiger partial charge in [-0.1, -0.05) is 30.3 Å². The lowest BCUT2D eigenvalue weighted by molar-refractivity contribution is -0.181. The normalized spacial score (nSPS) is 23.8. The van der Waals surface area contributed by atoms with E-state index >= 15 is 0 Å². The molecule has 1 atom stereocenters. The number of hydrogen-bond acceptors (Lipinski definition) is 6. The van der Waals surface area contributed by atoms with E-state index in [2.05, 4.69) is 10.4 Å².